The highest BCUT2D eigenvalue weighted by molar-refractivity contribution is 5.94. The zero-order valence-electron chi connectivity index (χ0n) is 22.2. The molecule has 1 fully saturated rings. The van der Waals surface area contributed by atoms with Gasteiger partial charge in [0, 0.05) is 17.2 Å². The van der Waals surface area contributed by atoms with Crippen LogP contribution in [0.2, 0.25) is 0 Å². The maximum atomic E-state index is 13.0. The number of carbonyl (C=O) groups excluding carboxylic acids is 2. The van der Waals surface area contributed by atoms with Crippen LogP contribution in [-0.2, 0) is 4.74 Å². The summed E-state index contributed by atoms with van der Waals surface area (Å²) in [5, 5.41) is 7.80. The van der Waals surface area contributed by atoms with Crippen molar-refractivity contribution in [1.82, 2.24) is 15.1 Å². The van der Waals surface area contributed by atoms with Crippen LogP contribution in [0.3, 0.4) is 0 Å². The quantitative estimate of drug-likeness (QED) is 0.416. The van der Waals surface area contributed by atoms with Crippen molar-refractivity contribution in [3.05, 3.63) is 70.9 Å². The maximum Gasteiger partial charge on any atom is 0.358 e. The Kier molecular flexibility index (Phi) is 7.34. The minimum absolute atomic E-state index is 0.0569. The summed E-state index contributed by atoms with van der Waals surface area (Å²) < 4.78 is 6.93. The number of nitrogens with zero attached hydrogens (tertiary/aromatic N) is 2. The molecule has 0 spiro atoms. The molecular formula is C30H37N3O3. The van der Waals surface area contributed by atoms with Crippen LogP contribution in [0.25, 0.3) is 16.9 Å². The molecule has 6 heteroatoms. The molecule has 4 rings (SSSR count). The summed E-state index contributed by atoms with van der Waals surface area (Å²) in [6.07, 6.45) is 3.19. The SMILES string of the molecule is CCOC(=O)c1cc(-c2ccc(C)c(C)c2)n(-c2ccc(C(=O)NC3CC(C)CC(C)(C)C3)cc2)n1. The summed E-state index contributed by atoms with van der Waals surface area (Å²) in [7, 11) is 0. The monoisotopic (exact) mass is 487 g/mol. The summed E-state index contributed by atoms with van der Waals surface area (Å²) in [4.78, 5) is 25.5. The lowest BCUT2D eigenvalue weighted by atomic mass is 9.70. The molecule has 2 aromatic carbocycles. The lowest BCUT2D eigenvalue weighted by Crippen LogP contribution is -2.42. The molecule has 0 bridgehead atoms. The molecule has 1 saturated carbocycles. The third kappa shape index (κ3) is 5.69. The first kappa shape index (κ1) is 25.7. The third-order valence-corrected chi connectivity index (χ3v) is 7.09. The van der Waals surface area contributed by atoms with Gasteiger partial charge in [-0.25, -0.2) is 9.48 Å². The average Bonchev–Trinajstić information content (AvgIpc) is 3.25. The smallest absolute Gasteiger partial charge is 0.358 e. The van der Waals surface area contributed by atoms with Crippen molar-refractivity contribution in [2.24, 2.45) is 11.3 Å². The van der Waals surface area contributed by atoms with Gasteiger partial charge in [0.1, 0.15) is 0 Å². The average molecular weight is 488 g/mol. The Bertz CT molecular complexity index is 1260. The van der Waals surface area contributed by atoms with Gasteiger partial charge in [-0.2, -0.15) is 5.10 Å². The van der Waals surface area contributed by atoms with Crippen molar-refractivity contribution in [2.45, 2.75) is 66.8 Å². The van der Waals surface area contributed by atoms with E-state index in [4.69, 9.17) is 4.74 Å². The van der Waals surface area contributed by atoms with Crippen LogP contribution < -0.4 is 5.32 Å². The standard InChI is InChI=1S/C30H37N3O3/c1-7-36-29(35)26-16-27(23-9-8-20(3)21(4)15-23)33(32-26)25-12-10-22(11-13-25)28(34)31-24-14-19(2)17-30(5,6)18-24/h8-13,15-16,19,24H,7,14,17-18H2,1-6H3,(H,31,34). The largest absolute Gasteiger partial charge is 0.461 e. The minimum Gasteiger partial charge on any atom is -0.461 e. The van der Waals surface area contributed by atoms with E-state index >= 15 is 0 Å². The van der Waals surface area contributed by atoms with Gasteiger partial charge < -0.3 is 10.1 Å². The topological polar surface area (TPSA) is 73.2 Å². The molecule has 36 heavy (non-hydrogen) atoms. The second-order valence-electron chi connectivity index (χ2n) is 11.0. The molecule has 0 aliphatic heterocycles. The number of aryl methyl sites for hydroxylation is 2. The van der Waals surface area contributed by atoms with Gasteiger partial charge in [0.05, 0.1) is 18.0 Å². The Labute approximate surface area is 214 Å². The summed E-state index contributed by atoms with van der Waals surface area (Å²) >= 11 is 0. The number of benzene rings is 2. The maximum absolute atomic E-state index is 13.0. The molecule has 2 atom stereocenters. The highest BCUT2D eigenvalue weighted by Crippen LogP contribution is 2.38. The highest BCUT2D eigenvalue weighted by Gasteiger charge is 2.32. The summed E-state index contributed by atoms with van der Waals surface area (Å²) in [5.41, 5.74) is 5.96. The van der Waals surface area contributed by atoms with Crippen molar-refractivity contribution in [3.63, 3.8) is 0 Å². The van der Waals surface area contributed by atoms with Crippen LogP contribution >= 0.6 is 0 Å². The van der Waals surface area contributed by atoms with Crippen LogP contribution in [-0.4, -0.2) is 34.3 Å². The Morgan fingerprint density at radius 3 is 2.42 bits per heavy atom. The Morgan fingerprint density at radius 1 is 1.06 bits per heavy atom. The zero-order valence-corrected chi connectivity index (χ0v) is 22.2. The van der Waals surface area contributed by atoms with E-state index in [1.54, 1.807) is 17.7 Å². The number of hydrogen-bond acceptors (Lipinski definition) is 4. The predicted molar refractivity (Wildman–Crippen MR) is 142 cm³/mol. The number of hydrogen-bond donors (Lipinski definition) is 1. The summed E-state index contributed by atoms with van der Waals surface area (Å²) in [5.74, 6) is 0.0825. The van der Waals surface area contributed by atoms with Crippen LogP contribution in [0.15, 0.2) is 48.5 Å². The van der Waals surface area contributed by atoms with Gasteiger partial charge in [-0.15, -0.1) is 0 Å². The third-order valence-electron chi connectivity index (χ3n) is 7.09. The second-order valence-corrected chi connectivity index (χ2v) is 11.0. The van der Waals surface area contributed by atoms with Crippen molar-refractivity contribution in [2.75, 3.05) is 6.61 Å². The van der Waals surface area contributed by atoms with E-state index in [2.05, 4.69) is 57.2 Å². The number of rotatable bonds is 6. The number of ether oxygens (including phenoxy) is 1. The lowest BCUT2D eigenvalue weighted by Gasteiger charge is -2.39. The van der Waals surface area contributed by atoms with E-state index in [-0.39, 0.29) is 29.7 Å². The summed E-state index contributed by atoms with van der Waals surface area (Å²) in [6, 6.07) is 15.5. The van der Waals surface area contributed by atoms with Crippen LogP contribution in [0.4, 0.5) is 0 Å². The zero-order chi connectivity index (χ0) is 26.0. The van der Waals surface area contributed by atoms with Crippen molar-refractivity contribution >= 4 is 11.9 Å². The van der Waals surface area contributed by atoms with Crippen LogP contribution in [0, 0.1) is 25.2 Å². The van der Waals surface area contributed by atoms with Gasteiger partial charge >= 0.3 is 5.97 Å². The number of nitrogens with one attached hydrogen (secondary N) is 1. The van der Waals surface area contributed by atoms with Gasteiger partial charge in [0.2, 0.25) is 0 Å². The van der Waals surface area contributed by atoms with Gasteiger partial charge in [0.15, 0.2) is 5.69 Å². The first-order chi connectivity index (χ1) is 17.1. The fourth-order valence-electron chi connectivity index (χ4n) is 5.47. The van der Waals surface area contributed by atoms with E-state index in [0.29, 0.717) is 11.5 Å². The molecule has 3 aromatic rings. The van der Waals surface area contributed by atoms with E-state index in [1.807, 2.05) is 30.3 Å². The van der Waals surface area contributed by atoms with Crippen molar-refractivity contribution < 1.29 is 14.3 Å². The molecule has 190 valence electrons. The lowest BCUT2D eigenvalue weighted by molar-refractivity contribution is 0.0518. The molecular weight excluding hydrogens is 450 g/mol. The van der Waals surface area contributed by atoms with Crippen molar-refractivity contribution in [3.8, 4) is 16.9 Å². The Balaban J connectivity index is 1.61. The Hall–Kier alpha value is -3.41. The molecule has 1 N–H and O–H groups in total. The second kappa shape index (κ2) is 10.3. The number of aromatic nitrogens is 2. The molecule has 1 aliphatic rings. The number of carbonyl (C=O) groups is 2. The van der Waals surface area contributed by atoms with E-state index in [0.717, 1.165) is 35.3 Å². The molecule has 1 amide bonds. The first-order valence-corrected chi connectivity index (χ1v) is 12.8. The molecule has 1 heterocycles. The van der Waals surface area contributed by atoms with Crippen molar-refractivity contribution in [1.29, 1.82) is 0 Å². The van der Waals surface area contributed by atoms with Gasteiger partial charge in [0.25, 0.3) is 5.91 Å². The van der Waals surface area contributed by atoms with Crippen LogP contribution in [0.5, 0.6) is 0 Å². The first-order valence-electron chi connectivity index (χ1n) is 12.8. The molecule has 1 aliphatic carbocycles. The molecule has 6 nitrogen and oxygen atoms in total. The predicted octanol–water partition coefficient (Wildman–Crippen LogP) is 6.28. The molecule has 1 aromatic heterocycles. The van der Waals surface area contributed by atoms with Gasteiger partial charge in [-0.05, 0) is 98.9 Å². The van der Waals surface area contributed by atoms with Gasteiger partial charge in [-0.1, -0.05) is 32.9 Å². The van der Waals surface area contributed by atoms with E-state index in [9.17, 15) is 9.59 Å². The Morgan fingerprint density at radius 2 is 1.78 bits per heavy atom. The fourth-order valence-corrected chi connectivity index (χ4v) is 5.47. The molecule has 2 unspecified atom stereocenters. The highest BCUT2D eigenvalue weighted by atomic mass is 16.5. The minimum atomic E-state index is -0.457. The van der Waals surface area contributed by atoms with Crippen LogP contribution in [0.1, 0.15) is 78.9 Å². The fraction of sp³-hybridized carbons (Fsp3) is 0.433. The van der Waals surface area contributed by atoms with E-state index < -0.39 is 5.97 Å². The number of amides is 1. The number of esters is 1. The van der Waals surface area contributed by atoms with Gasteiger partial charge in [-0.3, -0.25) is 4.79 Å². The normalized spacial score (nSPS) is 19.1. The molecule has 0 saturated heterocycles. The molecule has 0 radical (unpaired) electrons. The van der Waals surface area contributed by atoms with E-state index in [1.165, 1.54) is 12.0 Å². The summed E-state index contributed by atoms with van der Waals surface area (Å²) in [6.45, 7) is 13.0.